The van der Waals surface area contributed by atoms with Gasteiger partial charge in [-0.1, -0.05) is 5.16 Å². The van der Waals surface area contributed by atoms with E-state index in [1.165, 1.54) is 16.8 Å². The van der Waals surface area contributed by atoms with Crippen LogP contribution < -0.4 is 10.1 Å². The predicted octanol–water partition coefficient (Wildman–Crippen LogP) is 2.02. The summed E-state index contributed by atoms with van der Waals surface area (Å²) in [5.41, 5.74) is 2.00. The maximum absolute atomic E-state index is 13.1. The van der Waals surface area contributed by atoms with Crippen LogP contribution in [0.2, 0.25) is 0 Å². The lowest BCUT2D eigenvalue weighted by Crippen LogP contribution is -2.36. The quantitative estimate of drug-likeness (QED) is 0.674. The largest absolute Gasteiger partial charge is 0.471 e. The van der Waals surface area contributed by atoms with Gasteiger partial charge in [-0.2, -0.15) is 0 Å². The molecule has 1 atom stereocenters. The SMILES string of the molecule is Cc1onc(-c2ccc(F)cn2)c1COc1cc(C(=O)NC2CCOC2)n(C)n1. The van der Waals surface area contributed by atoms with E-state index in [9.17, 15) is 9.18 Å². The van der Waals surface area contributed by atoms with Crippen molar-refractivity contribution in [2.75, 3.05) is 13.2 Å². The fourth-order valence-corrected chi connectivity index (χ4v) is 3.06. The van der Waals surface area contributed by atoms with Gasteiger partial charge in [0.05, 0.1) is 30.1 Å². The second-order valence-electron chi connectivity index (χ2n) is 6.74. The number of hydrogen-bond donors (Lipinski definition) is 1. The van der Waals surface area contributed by atoms with Gasteiger partial charge >= 0.3 is 0 Å². The van der Waals surface area contributed by atoms with E-state index in [0.717, 1.165) is 12.6 Å². The molecule has 1 fully saturated rings. The smallest absolute Gasteiger partial charge is 0.269 e. The van der Waals surface area contributed by atoms with Gasteiger partial charge in [0, 0.05) is 19.7 Å². The number of hydrogen-bond acceptors (Lipinski definition) is 7. The molecule has 3 aromatic heterocycles. The van der Waals surface area contributed by atoms with E-state index >= 15 is 0 Å². The summed E-state index contributed by atoms with van der Waals surface area (Å²) in [5, 5.41) is 11.1. The summed E-state index contributed by atoms with van der Waals surface area (Å²) in [6, 6.07) is 4.40. The standard InChI is InChI=1S/C19H20FN5O4/c1-11-14(18(24-29-11)15-4-3-12(20)8-21-15)10-28-17-7-16(25(2)23-17)19(26)22-13-5-6-27-9-13/h3-4,7-8,13H,5-6,9-10H2,1-2H3,(H,22,26). The zero-order valence-corrected chi connectivity index (χ0v) is 16.0. The Balaban J connectivity index is 1.46. The summed E-state index contributed by atoms with van der Waals surface area (Å²) in [6.45, 7) is 3.02. The topological polar surface area (TPSA) is 104 Å². The molecule has 1 saturated heterocycles. The Morgan fingerprint density at radius 1 is 1.45 bits per heavy atom. The van der Waals surface area contributed by atoms with Crippen LogP contribution in [0.5, 0.6) is 5.88 Å². The van der Waals surface area contributed by atoms with Crippen LogP contribution in [0.25, 0.3) is 11.4 Å². The lowest BCUT2D eigenvalue weighted by molar-refractivity contribution is 0.0920. The van der Waals surface area contributed by atoms with Crippen molar-refractivity contribution in [2.24, 2.45) is 7.05 Å². The maximum atomic E-state index is 13.1. The van der Waals surface area contributed by atoms with Crippen LogP contribution >= 0.6 is 0 Å². The Kier molecular flexibility index (Phi) is 5.26. The monoisotopic (exact) mass is 401 g/mol. The summed E-state index contributed by atoms with van der Waals surface area (Å²) in [4.78, 5) is 16.5. The van der Waals surface area contributed by atoms with Gasteiger partial charge in [0.1, 0.15) is 29.6 Å². The number of halogens is 1. The molecule has 1 unspecified atom stereocenters. The number of nitrogens with one attached hydrogen (secondary N) is 1. The molecule has 0 aromatic carbocycles. The highest BCUT2D eigenvalue weighted by Crippen LogP contribution is 2.25. The van der Waals surface area contributed by atoms with E-state index in [0.29, 0.717) is 47.5 Å². The molecule has 4 rings (SSSR count). The number of nitrogens with zero attached hydrogens (tertiary/aromatic N) is 4. The van der Waals surface area contributed by atoms with Gasteiger partial charge < -0.3 is 19.3 Å². The molecule has 1 amide bonds. The van der Waals surface area contributed by atoms with E-state index in [-0.39, 0.29) is 18.6 Å². The Bertz CT molecular complexity index is 1010. The lowest BCUT2D eigenvalue weighted by Gasteiger charge is -2.09. The van der Waals surface area contributed by atoms with Crippen molar-refractivity contribution in [2.45, 2.75) is 26.0 Å². The van der Waals surface area contributed by atoms with Crippen LogP contribution in [-0.4, -0.2) is 45.1 Å². The molecule has 3 aromatic rings. The van der Waals surface area contributed by atoms with Crippen LogP contribution in [0.15, 0.2) is 28.9 Å². The van der Waals surface area contributed by atoms with Gasteiger partial charge in [0.2, 0.25) is 5.88 Å². The number of pyridine rings is 1. The number of carbonyl (C=O) groups is 1. The molecule has 1 aliphatic rings. The van der Waals surface area contributed by atoms with Crippen molar-refractivity contribution >= 4 is 5.91 Å². The fourth-order valence-electron chi connectivity index (χ4n) is 3.06. The molecular formula is C19H20FN5O4. The molecule has 29 heavy (non-hydrogen) atoms. The van der Waals surface area contributed by atoms with Crippen LogP contribution in [0.4, 0.5) is 4.39 Å². The molecule has 0 aliphatic carbocycles. The van der Waals surface area contributed by atoms with Crippen LogP contribution in [0.1, 0.15) is 28.2 Å². The highest BCUT2D eigenvalue weighted by atomic mass is 19.1. The van der Waals surface area contributed by atoms with Crippen molar-refractivity contribution in [3.05, 3.63) is 47.2 Å². The van der Waals surface area contributed by atoms with Gasteiger partial charge in [-0.05, 0) is 25.5 Å². The number of aromatic nitrogens is 4. The first-order valence-corrected chi connectivity index (χ1v) is 9.14. The molecule has 0 spiro atoms. The molecule has 152 valence electrons. The van der Waals surface area contributed by atoms with Crippen molar-refractivity contribution in [3.8, 4) is 17.3 Å². The number of ether oxygens (including phenoxy) is 2. The van der Waals surface area contributed by atoms with Gasteiger partial charge in [-0.15, -0.1) is 5.10 Å². The average Bonchev–Trinajstić information content (AvgIpc) is 3.42. The number of aryl methyl sites for hydroxylation is 2. The summed E-state index contributed by atoms with van der Waals surface area (Å²) in [5.74, 6) is 0.179. The predicted molar refractivity (Wildman–Crippen MR) is 98.7 cm³/mol. The molecule has 9 nitrogen and oxygen atoms in total. The van der Waals surface area contributed by atoms with E-state index in [4.69, 9.17) is 14.0 Å². The molecule has 0 bridgehead atoms. The molecule has 1 N–H and O–H groups in total. The third-order valence-corrected chi connectivity index (χ3v) is 4.67. The van der Waals surface area contributed by atoms with Gasteiger partial charge in [-0.25, -0.2) is 4.39 Å². The summed E-state index contributed by atoms with van der Waals surface area (Å²) >= 11 is 0. The third-order valence-electron chi connectivity index (χ3n) is 4.67. The lowest BCUT2D eigenvalue weighted by atomic mass is 10.1. The summed E-state index contributed by atoms with van der Waals surface area (Å²) in [7, 11) is 1.67. The van der Waals surface area contributed by atoms with E-state index < -0.39 is 5.82 Å². The molecule has 0 saturated carbocycles. The zero-order valence-electron chi connectivity index (χ0n) is 16.0. The van der Waals surface area contributed by atoms with E-state index in [1.54, 1.807) is 20.0 Å². The Labute approximate surface area is 165 Å². The molecule has 0 radical (unpaired) electrons. The number of rotatable bonds is 6. The van der Waals surface area contributed by atoms with E-state index in [1.807, 2.05) is 0 Å². The van der Waals surface area contributed by atoms with Crippen molar-refractivity contribution in [3.63, 3.8) is 0 Å². The Morgan fingerprint density at radius 2 is 2.31 bits per heavy atom. The van der Waals surface area contributed by atoms with Gasteiger partial charge in [0.25, 0.3) is 5.91 Å². The molecule has 4 heterocycles. The molecule has 10 heteroatoms. The van der Waals surface area contributed by atoms with Gasteiger partial charge in [0.15, 0.2) is 0 Å². The third kappa shape index (κ3) is 4.11. The minimum absolute atomic E-state index is 0.00666. The first-order valence-electron chi connectivity index (χ1n) is 9.14. The summed E-state index contributed by atoms with van der Waals surface area (Å²) < 4.78 is 30.9. The fraction of sp³-hybridized carbons (Fsp3) is 0.368. The van der Waals surface area contributed by atoms with E-state index in [2.05, 4.69) is 20.6 Å². The van der Waals surface area contributed by atoms with Crippen molar-refractivity contribution in [1.29, 1.82) is 0 Å². The van der Waals surface area contributed by atoms with Crippen molar-refractivity contribution in [1.82, 2.24) is 25.2 Å². The average molecular weight is 401 g/mol. The minimum atomic E-state index is -0.435. The minimum Gasteiger partial charge on any atom is -0.471 e. The first-order chi connectivity index (χ1) is 14.0. The molecule has 1 aliphatic heterocycles. The second-order valence-corrected chi connectivity index (χ2v) is 6.74. The second kappa shape index (κ2) is 8.00. The van der Waals surface area contributed by atoms with Gasteiger partial charge in [-0.3, -0.25) is 14.5 Å². The van der Waals surface area contributed by atoms with Crippen molar-refractivity contribution < 1.29 is 23.2 Å². The first kappa shape index (κ1) is 19.1. The zero-order chi connectivity index (χ0) is 20.4. The van der Waals surface area contributed by atoms with Crippen LogP contribution in [-0.2, 0) is 18.4 Å². The van der Waals surface area contributed by atoms with Crippen LogP contribution in [0.3, 0.4) is 0 Å². The van der Waals surface area contributed by atoms with Crippen LogP contribution in [0, 0.1) is 12.7 Å². The molecular weight excluding hydrogens is 381 g/mol. The summed E-state index contributed by atoms with van der Waals surface area (Å²) in [6.07, 6.45) is 1.91. The highest BCUT2D eigenvalue weighted by molar-refractivity contribution is 5.93. The Morgan fingerprint density at radius 3 is 3.03 bits per heavy atom. The number of amides is 1. The maximum Gasteiger partial charge on any atom is 0.269 e. The Hall–Kier alpha value is -3.27. The highest BCUT2D eigenvalue weighted by Gasteiger charge is 2.22. The number of carbonyl (C=O) groups excluding carboxylic acids is 1. The normalized spacial score (nSPS) is 16.2.